The van der Waals surface area contributed by atoms with Crippen LogP contribution in [-0.4, -0.2) is 23.0 Å². The summed E-state index contributed by atoms with van der Waals surface area (Å²) < 4.78 is 0. The fraction of sp³-hybridized carbons (Fsp3) is 0.545. The Hall–Kier alpha value is -1.13. The van der Waals surface area contributed by atoms with Crippen LogP contribution in [0.25, 0.3) is 0 Å². The molecule has 0 unspecified atom stereocenters. The van der Waals surface area contributed by atoms with Gasteiger partial charge in [-0.15, -0.1) is 0 Å². The van der Waals surface area contributed by atoms with Gasteiger partial charge in [0.25, 0.3) is 0 Å². The first-order chi connectivity index (χ1) is 7.38. The maximum atomic E-state index is 5.33. The number of hydrogen-bond donors (Lipinski definition) is 2. The van der Waals surface area contributed by atoms with E-state index in [2.05, 4.69) is 21.4 Å². The molecule has 3 N–H and O–H groups in total. The summed E-state index contributed by atoms with van der Waals surface area (Å²) in [6.45, 7) is 3.33. The highest BCUT2D eigenvalue weighted by molar-refractivity contribution is 5.33. The Balaban J connectivity index is 1.96. The van der Waals surface area contributed by atoms with Gasteiger partial charge in [-0.3, -0.25) is 4.90 Å². The summed E-state index contributed by atoms with van der Waals surface area (Å²) >= 11 is 0. The van der Waals surface area contributed by atoms with Gasteiger partial charge in [0.2, 0.25) is 0 Å². The molecule has 1 aliphatic rings. The summed E-state index contributed by atoms with van der Waals surface area (Å²) in [5.74, 6) is 6.07. The summed E-state index contributed by atoms with van der Waals surface area (Å²) in [7, 11) is 0. The topological polar surface area (TPSA) is 54.2 Å². The lowest BCUT2D eigenvalue weighted by Crippen LogP contribution is -2.29. The van der Waals surface area contributed by atoms with E-state index in [9.17, 15) is 0 Å². The van der Waals surface area contributed by atoms with E-state index in [1.165, 1.54) is 32.4 Å². The molecule has 0 spiro atoms. The van der Waals surface area contributed by atoms with E-state index in [0.717, 1.165) is 18.1 Å². The van der Waals surface area contributed by atoms with Crippen LogP contribution in [0, 0.1) is 0 Å². The third-order valence-corrected chi connectivity index (χ3v) is 2.79. The van der Waals surface area contributed by atoms with Gasteiger partial charge < -0.3 is 5.43 Å². The van der Waals surface area contributed by atoms with Crippen molar-refractivity contribution in [2.24, 2.45) is 5.84 Å². The Morgan fingerprint density at radius 1 is 1.27 bits per heavy atom. The van der Waals surface area contributed by atoms with Gasteiger partial charge in [0, 0.05) is 6.54 Å². The lowest BCUT2D eigenvalue weighted by molar-refractivity contribution is 0.218. The first-order valence-corrected chi connectivity index (χ1v) is 5.53. The van der Waals surface area contributed by atoms with Crippen LogP contribution in [0.5, 0.6) is 0 Å². The van der Waals surface area contributed by atoms with Gasteiger partial charge >= 0.3 is 0 Å². The average molecular weight is 206 g/mol. The molecule has 82 valence electrons. The Bertz CT molecular complexity index is 307. The number of nitrogen functional groups attached to an aromatic ring is 1. The van der Waals surface area contributed by atoms with Crippen molar-refractivity contribution in [2.75, 3.05) is 18.5 Å². The Labute approximate surface area is 90.5 Å². The number of likely N-dealkylation sites (tertiary alicyclic amines) is 1. The van der Waals surface area contributed by atoms with Gasteiger partial charge in [-0.1, -0.05) is 12.5 Å². The van der Waals surface area contributed by atoms with E-state index >= 15 is 0 Å². The molecule has 0 saturated carbocycles. The summed E-state index contributed by atoms with van der Waals surface area (Å²) in [4.78, 5) is 6.86. The smallest absolute Gasteiger partial charge is 0.140 e. The predicted molar refractivity (Wildman–Crippen MR) is 61.2 cm³/mol. The SMILES string of the molecule is NNc1cccc(CN2CCCCC2)n1. The number of nitrogens with zero attached hydrogens (tertiary/aromatic N) is 2. The normalized spacial score (nSPS) is 17.7. The van der Waals surface area contributed by atoms with Crippen LogP contribution in [0.3, 0.4) is 0 Å². The molecule has 0 aromatic carbocycles. The first kappa shape index (κ1) is 10.4. The molecule has 1 aromatic heterocycles. The van der Waals surface area contributed by atoms with E-state index in [1.807, 2.05) is 12.1 Å². The minimum atomic E-state index is 0.740. The molecular formula is C11H18N4. The molecular weight excluding hydrogens is 188 g/mol. The fourth-order valence-corrected chi connectivity index (χ4v) is 1.99. The molecule has 1 saturated heterocycles. The second-order valence-corrected chi connectivity index (χ2v) is 4.00. The van der Waals surface area contributed by atoms with Crippen LogP contribution < -0.4 is 11.3 Å². The van der Waals surface area contributed by atoms with Gasteiger partial charge in [-0.2, -0.15) is 0 Å². The molecule has 4 nitrogen and oxygen atoms in total. The van der Waals surface area contributed by atoms with E-state index in [-0.39, 0.29) is 0 Å². The average Bonchev–Trinajstić information content (AvgIpc) is 2.31. The largest absolute Gasteiger partial charge is 0.308 e. The molecule has 1 aromatic rings. The summed E-state index contributed by atoms with van der Waals surface area (Å²) in [5.41, 5.74) is 3.67. The number of piperidine rings is 1. The maximum Gasteiger partial charge on any atom is 0.140 e. The van der Waals surface area contributed by atoms with Crippen LogP contribution >= 0.6 is 0 Å². The number of nitrogens with two attached hydrogens (primary N) is 1. The van der Waals surface area contributed by atoms with Crippen molar-refractivity contribution in [1.82, 2.24) is 9.88 Å². The zero-order chi connectivity index (χ0) is 10.5. The Kier molecular flexibility index (Phi) is 3.53. The number of aromatic nitrogens is 1. The lowest BCUT2D eigenvalue weighted by atomic mass is 10.1. The van der Waals surface area contributed by atoms with Crippen LogP contribution in [0.15, 0.2) is 18.2 Å². The monoisotopic (exact) mass is 206 g/mol. The predicted octanol–water partition coefficient (Wildman–Crippen LogP) is 1.35. The number of nitrogens with one attached hydrogen (secondary N) is 1. The van der Waals surface area contributed by atoms with Crippen LogP contribution in [0.2, 0.25) is 0 Å². The van der Waals surface area contributed by atoms with Gasteiger partial charge in [0.1, 0.15) is 5.82 Å². The second kappa shape index (κ2) is 5.09. The van der Waals surface area contributed by atoms with Crippen molar-refractivity contribution in [2.45, 2.75) is 25.8 Å². The van der Waals surface area contributed by atoms with Crippen molar-refractivity contribution in [3.05, 3.63) is 23.9 Å². The summed E-state index contributed by atoms with van der Waals surface area (Å²) in [5, 5.41) is 0. The van der Waals surface area contributed by atoms with Gasteiger partial charge in [0.15, 0.2) is 0 Å². The molecule has 15 heavy (non-hydrogen) atoms. The van der Waals surface area contributed by atoms with Crippen molar-refractivity contribution < 1.29 is 0 Å². The van der Waals surface area contributed by atoms with Gasteiger partial charge in [-0.05, 0) is 38.1 Å². The minimum Gasteiger partial charge on any atom is -0.308 e. The quantitative estimate of drug-likeness (QED) is 0.579. The van der Waals surface area contributed by atoms with Crippen molar-refractivity contribution in [3.8, 4) is 0 Å². The standard InChI is InChI=1S/C11H18N4/c12-14-11-6-4-5-10(13-11)9-15-7-2-1-3-8-15/h4-6H,1-3,7-9,12H2,(H,13,14). The third-order valence-electron chi connectivity index (χ3n) is 2.79. The maximum absolute atomic E-state index is 5.33. The second-order valence-electron chi connectivity index (χ2n) is 4.00. The Morgan fingerprint density at radius 3 is 2.80 bits per heavy atom. The summed E-state index contributed by atoms with van der Waals surface area (Å²) in [6, 6.07) is 5.91. The molecule has 0 bridgehead atoms. The van der Waals surface area contributed by atoms with Crippen molar-refractivity contribution >= 4 is 5.82 Å². The molecule has 0 amide bonds. The number of hydrazine groups is 1. The van der Waals surface area contributed by atoms with Crippen molar-refractivity contribution in [3.63, 3.8) is 0 Å². The zero-order valence-electron chi connectivity index (χ0n) is 8.95. The molecule has 2 heterocycles. The van der Waals surface area contributed by atoms with E-state index < -0.39 is 0 Å². The number of hydrogen-bond acceptors (Lipinski definition) is 4. The van der Waals surface area contributed by atoms with E-state index in [0.29, 0.717) is 0 Å². The minimum absolute atomic E-state index is 0.740. The van der Waals surface area contributed by atoms with Gasteiger partial charge in [-0.25, -0.2) is 10.8 Å². The van der Waals surface area contributed by atoms with E-state index in [1.54, 1.807) is 0 Å². The summed E-state index contributed by atoms with van der Waals surface area (Å²) in [6.07, 6.45) is 4.00. The molecule has 0 radical (unpaired) electrons. The number of anilines is 1. The van der Waals surface area contributed by atoms with Crippen molar-refractivity contribution in [1.29, 1.82) is 0 Å². The molecule has 1 aliphatic heterocycles. The van der Waals surface area contributed by atoms with Gasteiger partial charge in [0.05, 0.1) is 5.69 Å². The highest BCUT2D eigenvalue weighted by atomic mass is 15.3. The number of pyridine rings is 1. The lowest BCUT2D eigenvalue weighted by Gasteiger charge is -2.25. The third kappa shape index (κ3) is 2.91. The molecule has 4 heteroatoms. The highest BCUT2D eigenvalue weighted by Crippen LogP contribution is 2.12. The zero-order valence-corrected chi connectivity index (χ0v) is 8.95. The molecule has 0 aliphatic carbocycles. The number of rotatable bonds is 3. The molecule has 1 fully saturated rings. The molecule has 0 atom stereocenters. The fourth-order valence-electron chi connectivity index (χ4n) is 1.99. The van der Waals surface area contributed by atoms with Crippen LogP contribution in [0.4, 0.5) is 5.82 Å². The Morgan fingerprint density at radius 2 is 2.07 bits per heavy atom. The van der Waals surface area contributed by atoms with Crippen LogP contribution in [0.1, 0.15) is 25.0 Å². The van der Waals surface area contributed by atoms with Crippen LogP contribution in [-0.2, 0) is 6.54 Å². The first-order valence-electron chi connectivity index (χ1n) is 5.53. The molecule has 2 rings (SSSR count). The van der Waals surface area contributed by atoms with E-state index in [4.69, 9.17) is 5.84 Å². The highest BCUT2D eigenvalue weighted by Gasteiger charge is 2.10.